The van der Waals surface area contributed by atoms with Crippen LogP contribution in [0.3, 0.4) is 0 Å². The maximum atomic E-state index is 12.5. The number of carbonyl (C=O) groups excluding carboxylic acids is 1. The molecule has 1 aromatic carbocycles. The van der Waals surface area contributed by atoms with E-state index >= 15 is 0 Å². The number of amides is 1. The Morgan fingerprint density at radius 3 is 2.81 bits per heavy atom. The second-order valence-corrected chi connectivity index (χ2v) is 5.97. The molecule has 0 fully saturated rings. The molecule has 0 aliphatic heterocycles. The first kappa shape index (κ1) is 18.4. The second-order valence-electron chi connectivity index (χ2n) is 5.97. The fraction of sp³-hybridized carbons (Fsp3) is 0.250. The number of hydrogen-bond acceptors (Lipinski definition) is 6. The number of ether oxygens (including phenoxy) is 2. The molecule has 0 aliphatic carbocycles. The minimum atomic E-state index is -0.205. The number of aryl methyl sites for hydroxylation is 2. The molecule has 1 N–H and O–H groups in total. The van der Waals surface area contributed by atoms with Crippen LogP contribution in [-0.4, -0.2) is 23.2 Å². The van der Waals surface area contributed by atoms with E-state index < -0.39 is 0 Å². The third kappa shape index (κ3) is 4.44. The maximum Gasteiger partial charge on any atom is 0.251 e. The number of nitrogens with zero attached hydrogens (tertiary/aromatic N) is 2. The zero-order chi connectivity index (χ0) is 19.2. The van der Waals surface area contributed by atoms with Gasteiger partial charge in [-0.25, -0.2) is 4.98 Å². The van der Waals surface area contributed by atoms with Crippen molar-refractivity contribution in [3.63, 3.8) is 0 Å². The van der Waals surface area contributed by atoms with Crippen molar-refractivity contribution in [1.29, 1.82) is 0 Å². The van der Waals surface area contributed by atoms with E-state index in [1.54, 1.807) is 43.6 Å². The van der Waals surface area contributed by atoms with Gasteiger partial charge in [0.2, 0.25) is 5.88 Å². The molecule has 140 valence electrons. The van der Waals surface area contributed by atoms with E-state index in [0.29, 0.717) is 30.3 Å². The van der Waals surface area contributed by atoms with Gasteiger partial charge in [0.1, 0.15) is 18.1 Å². The summed E-state index contributed by atoms with van der Waals surface area (Å²) in [4.78, 5) is 16.6. The Hall–Kier alpha value is -3.35. The van der Waals surface area contributed by atoms with Crippen molar-refractivity contribution in [2.75, 3.05) is 7.11 Å². The van der Waals surface area contributed by atoms with Crippen LogP contribution in [0.4, 0.5) is 0 Å². The SMILES string of the molecule is COc1ncccc1CNC(=O)c1cccc(OCc2c(C)noc2C)c1. The molecule has 27 heavy (non-hydrogen) atoms. The molecular weight excluding hydrogens is 346 g/mol. The molecule has 0 atom stereocenters. The van der Waals surface area contributed by atoms with Gasteiger partial charge < -0.3 is 19.3 Å². The van der Waals surface area contributed by atoms with Crippen LogP contribution in [0, 0.1) is 13.8 Å². The van der Waals surface area contributed by atoms with E-state index in [1.165, 1.54) is 0 Å². The largest absolute Gasteiger partial charge is 0.489 e. The molecule has 0 saturated carbocycles. The van der Waals surface area contributed by atoms with Gasteiger partial charge in [0.05, 0.1) is 18.4 Å². The van der Waals surface area contributed by atoms with Gasteiger partial charge in [-0.1, -0.05) is 17.3 Å². The van der Waals surface area contributed by atoms with Gasteiger partial charge in [0, 0.05) is 23.9 Å². The van der Waals surface area contributed by atoms with E-state index in [0.717, 1.165) is 22.6 Å². The van der Waals surface area contributed by atoms with Crippen molar-refractivity contribution in [1.82, 2.24) is 15.5 Å². The highest BCUT2D eigenvalue weighted by atomic mass is 16.5. The molecule has 3 rings (SSSR count). The van der Waals surface area contributed by atoms with Gasteiger partial charge in [0.15, 0.2) is 0 Å². The lowest BCUT2D eigenvalue weighted by Crippen LogP contribution is -2.23. The number of methoxy groups -OCH3 is 1. The number of aromatic nitrogens is 2. The zero-order valence-electron chi connectivity index (χ0n) is 15.5. The van der Waals surface area contributed by atoms with Gasteiger partial charge in [-0.15, -0.1) is 0 Å². The summed E-state index contributed by atoms with van der Waals surface area (Å²) >= 11 is 0. The average molecular weight is 367 g/mol. The standard InChI is InChI=1S/C20H21N3O4/c1-13-18(14(2)27-23-13)12-26-17-8-4-6-15(10-17)19(24)22-11-16-7-5-9-21-20(16)25-3/h4-10H,11-12H2,1-3H3,(H,22,24). The number of nitrogens with one attached hydrogen (secondary N) is 1. The van der Waals surface area contributed by atoms with Crippen molar-refractivity contribution in [2.24, 2.45) is 0 Å². The minimum Gasteiger partial charge on any atom is -0.489 e. The Kier molecular flexibility index (Phi) is 5.71. The van der Waals surface area contributed by atoms with Crippen molar-refractivity contribution < 1.29 is 18.8 Å². The van der Waals surface area contributed by atoms with E-state index in [2.05, 4.69) is 15.5 Å². The predicted octanol–water partition coefficient (Wildman–Crippen LogP) is 3.20. The molecule has 0 bridgehead atoms. The van der Waals surface area contributed by atoms with Crippen LogP contribution < -0.4 is 14.8 Å². The molecular formula is C20H21N3O4. The Morgan fingerprint density at radius 2 is 2.07 bits per heavy atom. The first-order valence-corrected chi connectivity index (χ1v) is 8.49. The lowest BCUT2D eigenvalue weighted by Gasteiger charge is -2.10. The van der Waals surface area contributed by atoms with Gasteiger partial charge in [-0.3, -0.25) is 4.79 Å². The second kappa shape index (κ2) is 8.35. The summed E-state index contributed by atoms with van der Waals surface area (Å²) in [5.41, 5.74) is 3.02. The lowest BCUT2D eigenvalue weighted by molar-refractivity contribution is 0.0950. The molecule has 3 aromatic rings. The molecule has 1 amide bonds. The maximum absolute atomic E-state index is 12.5. The summed E-state index contributed by atoms with van der Waals surface area (Å²) in [5, 5.41) is 6.77. The molecule has 7 nitrogen and oxygen atoms in total. The highest BCUT2D eigenvalue weighted by Crippen LogP contribution is 2.19. The monoisotopic (exact) mass is 367 g/mol. The summed E-state index contributed by atoms with van der Waals surface area (Å²) in [6.45, 7) is 4.36. The van der Waals surface area contributed by atoms with Gasteiger partial charge in [0.25, 0.3) is 5.91 Å². The summed E-state index contributed by atoms with van der Waals surface area (Å²) in [6, 6.07) is 10.7. The van der Waals surface area contributed by atoms with E-state index in [9.17, 15) is 4.79 Å². The Labute approximate surface area is 157 Å². The van der Waals surface area contributed by atoms with Gasteiger partial charge in [-0.2, -0.15) is 0 Å². The zero-order valence-corrected chi connectivity index (χ0v) is 15.5. The molecule has 0 spiro atoms. The van der Waals surface area contributed by atoms with Crippen molar-refractivity contribution in [2.45, 2.75) is 27.0 Å². The quantitative estimate of drug-likeness (QED) is 0.690. The summed E-state index contributed by atoms with van der Waals surface area (Å²) in [5.74, 6) is 1.62. The fourth-order valence-corrected chi connectivity index (χ4v) is 2.61. The fourth-order valence-electron chi connectivity index (χ4n) is 2.61. The third-order valence-corrected chi connectivity index (χ3v) is 4.14. The summed E-state index contributed by atoms with van der Waals surface area (Å²) in [6.07, 6.45) is 1.64. The van der Waals surface area contributed by atoms with Crippen LogP contribution in [0.15, 0.2) is 47.1 Å². The highest BCUT2D eigenvalue weighted by Gasteiger charge is 2.12. The van der Waals surface area contributed by atoms with E-state index in [1.807, 2.05) is 19.9 Å². The Morgan fingerprint density at radius 1 is 1.22 bits per heavy atom. The van der Waals surface area contributed by atoms with Gasteiger partial charge in [-0.05, 0) is 38.1 Å². The summed E-state index contributed by atoms with van der Waals surface area (Å²) < 4.78 is 16.1. The number of rotatable bonds is 7. The molecule has 0 saturated heterocycles. The number of pyridine rings is 1. The lowest BCUT2D eigenvalue weighted by atomic mass is 10.2. The van der Waals surface area contributed by atoms with Crippen molar-refractivity contribution in [3.05, 3.63) is 70.7 Å². The van der Waals surface area contributed by atoms with E-state index in [-0.39, 0.29) is 5.91 Å². The predicted molar refractivity (Wildman–Crippen MR) is 98.7 cm³/mol. The van der Waals surface area contributed by atoms with Crippen LogP contribution in [0.5, 0.6) is 11.6 Å². The molecule has 0 radical (unpaired) electrons. The third-order valence-electron chi connectivity index (χ3n) is 4.14. The van der Waals surface area contributed by atoms with Crippen LogP contribution in [-0.2, 0) is 13.2 Å². The molecule has 2 heterocycles. The van der Waals surface area contributed by atoms with Crippen molar-refractivity contribution >= 4 is 5.91 Å². The highest BCUT2D eigenvalue weighted by molar-refractivity contribution is 5.94. The number of benzene rings is 1. The minimum absolute atomic E-state index is 0.205. The van der Waals surface area contributed by atoms with Crippen LogP contribution >= 0.6 is 0 Å². The summed E-state index contributed by atoms with van der Waals surface area (Å²) in [7, 11) is 1.55. The van der Waals surface area contributed by atoms with Gasteiger partial charge >= 0.3 is 0 Å². The Bertz CT molecular complexity index is 917. The van der Waals surface area contributed by atoms with Crippen LogP contribution in [0.25, 0.3) is 0 Å². The smallest absolute Gasteiger partial charge is 0.251 e. The normalized spacial score (nSPS) is 10.5. The topological polar surface area (TPSA) is 86.5 Å². The molecule has 7 heteroatoms. The first-order valence-electron chi connectivity index (χ1n) is 8.49. The van der Waals surface area contributed by atoms with Crippen LogP contribution in [0.2, 0.25) is 0 Å². The van der Waals surface area contributed by atoms with Crippen molar-refractivity contribution in [3.8, 4) is 11.6 Å². The van der Waals surface area contributed by atoms with Crippen LogP contribution in [0.1, 0.15) is 32.9 Å². The Balaban J connectivity index is 1.63. The molecule has 0 unspecified atom stereocenters. The molecule has 2 aromatic heterocycles. The molecule has 0 aliphatic rings. The number of carbonyl (C=O) groups is 1. The average Bonchev–Trinajstić information content (AvgIpc) is 3.02. The number of hydrogen-bond donors (Lipinski definition) is 1. The first-order chi connectivity index (χ1) is 13.1. The van der Waals surface area contributed by atoms with E-state index in [4.69, 9.17) is 14.0 Å².